The summed E-state index contributed by atoms with van der Waals surface area (Å²) in [6.07, 6.45) is 0. The maximum atomic E-state index is 12.6. The second kappa shape index (κ2) is 7.74. The number of fused-ring (bicyclic) bond motifs is 1. The van der Waals surface area contributed by atoms with Crippen LogP contribution in [0.15, 0.2) is 18.2 Å². The Bertz CT molecular complexity index is 641. The summed E-state index contributed by atoms with van der Waals surface area (Å²) in [6, 6.07) is 5.33. The molecule has 0 atom stereocenters. The Morgan fingerprint density at radius 3 is 2.40 bits per heavy atom. The van der Waals surface area contributed by atoms with Crippen molar-refractivity contribution in [2.75, 3.05) is 57.4 Å². The minimum Gasteiger partial charge on any atom is -0.486 e. The molecule has 0 aliphatic carbocycles. The van der Waals surface area contributed by atoms with Crippen molar-refractivity contribution >= 4 is 17.5 Å². The average Bonchev–Trinajstić information content (AvgIpc) is 2.65. The fourth-order valence-corrected chi connectivity index (χ4v) is 3.13. The molecule has 0 spiro atoms. The van der Waals surface area contributed by atoms with Crippen LogP contribution in [0.25, 0.3) is 0 Å². The number of hydrogen-bond donors (Lipinski definition) is 0. The Morgan fingerprint density at radius 2 is 1.76 bits per heavy atom. The van der Waals surface area contributed by atoms with Gasteiger partial charge in [-0.05, 0) is 18.7 Å². The van der Waals surface area contributed by atoms with Crippen molar-refractivity contribution < 1.29 is 19.1 Å². The van der Waals surface area contributed by atoms with Crippen LogP contribution in [0.3, 0.4) is 0 Å². The largest absolute Gasteiger partial charge is 0.486 e. The molecule has 136 valence electrons. The third-order valence-corrected chi connectivity index (χ3v) is 4.68. The standard InChI is InChI=1S/C18H25N3O4/c1-3-19-6-8-20(9-7-19)18(23)13-21(14(2)22)15-4-5-16-17(12-15)25-11-10-24-16/h4-5,12H,3,6-11,13H2,1-2H3. The molecule has 2 amide bonds. The van der Waals surface area contributed by atoms with Gasteiger partial charge in [0.05, 0.1) is 0 Å². The van der Waals surface area contributed by atoms with Crippen molar-refractivity contribution in [2.24, 2.45) is 0 Å². The molecule has 0 bridgehead atoms. The number of rotatable bonds is 4. The minimum atomic E-state index is -0.169. The predicted octanol–water partition coefficient (Wildman–Crippen LogP) is 0.975. The predicted molar refractivity (Wildman–Crippen MR) is 94.2 cm³/mol. The van der Waals surface area contributed by atoms with E-state index in [0.29, 0.717) is 43.5 Å². The van der Waals surface area contributed by atoms with Gasteiger partial charge in [-0.15, -0.1) is 0 Å². The lowest BCUT2D eigenvalue weighted by Crippen LogP contribution is -2.51. The fraction of sp³-hybridized carbons (Fsp3) is 0.556. The van der Waals surface area contributed by atoms with Gasteiger partial charge >= 0.3 is 0 Å². The highest BCUT2D eigenvalue weighted by Crippen LogP contribution is 2.34. The molecule has 1 fully saturated rings. The molecule has 0 unspecified atom stereocenters. The second-order valence-electron chi connectivity index (χ2n) is 6.25. The third-order valence-electron chi connectivity index (χ3n) is 4.68. The van der Waals surface area contributed by atoms with Gasteiger partial charge in [0.25, 0.3) is 0 Å². The van der Waals surface area contributed by atoms with Gasteiger partial charge < -0.3 is 24.2 Å². The van der Waals surface area contributed by atoms with E-state index in [-0.39, 0.29) is 18.4 Å². The first-order valence-corrected chi connectivity index (χ1v) is 8.76. The van der Waals surface area contributed by atoms with Gasteiger partial charge in [0.1, 0.15) is 19.8 Å². The van der Waals surface area contributed by atoms with Gasteiger partial charge in [-0.1, -0.05) is 6.92 Å². The first kappa shape index (κ1) is 17.5. The Balaban J connectivity index is 1.69. The topological polar surface area (TPSA) is 62.3 Å². The summed E-state index contributed by atoms with van der Waals surface area (Å²) in [7, 11) is 0. The summed E-state index contributed by atoms with van der Waals surface area (Å²) in [5.74, 6) is 1.08. The zero-order chi connectivity index (χ0) is 17.8. The van der Waals surface area contributed by atoms with E-state index < -0.39 is 0 Å². The number of nitrogens with zero attached hydrogens (tertiary/aromatic N) is 3. The molecule has 0 radical (unpaired) electrons. The van der Waals surface area contributed by atoms with Gasteiger partial charge in [-0.3, -0.25) is 9.59 Å². The zero-order valence-electron chi connectivity index (χ0n) is 14.9. The van der Waals surface area contributed by atoms with E-state index >= 15 is 0 Å². The van der Waals surface area contributed by atoms with E-state index in [4.69, 9.17) is 9.47 Å². The first-order chi connectivity index (χ1) is 12.1. The number of benzene rings is 1. The molecule has 2 aliphatic heterocycles. The summed E-state index contributed by atoms with van der Waals surface area (Å²) in [5.41, 5.74) is 0.650. The van der Waals surface area contributed by atoms with E-state index in [0.717, 1.165) is 19.6 Å². The maximum Gasteiger partial charge on any atom is 0.242 e. The SMILES string of the molecule is CCN1CCN(C(=O)CN(C(C)=O)c2ccc3c(c2)OCCO3)CC1. The van der Waals surface area contributed by atoms with Crippen LogP contribution in [0.1, 0.15) is 13.8 Å². The molecule has 1 aromatic carbocycles. The zero-order valence-corrected chi connectivity index (χ0v) is 14.9. The number of piperazine rings is 1. The molecule has 25 heavy (non-hydrogen) atoms. The van der Waals surface area contributed by atoms with Gasteiger partial charge in [-0.2, -0.15) is 0 Å². The van der Waals surface area contributed by atoms with Crippen LogP contribution in [-0.2, 0) is 9.59 Å². The van der Waals surface area contributed by atoms with E-state index in [9.17, 15) is 9.59 Å². The van der Waals surface area contributed by atoms with Crippen LogP contribution in [-0.4, -0.2) is 74.1 Å². The summed E-state index contributed by atoms with van der Waals surface area (Å²) in [6.45, 7) is 8.82. The van der Waals surface area contributed by atoms with Crippen LogP contribution in [0.2, 0.25) is 0 Å². The van der Waals surface area contributed by atoms with E-state index in [1.54, 1.807) is 18.2 Å². The number of anilines is 1. The molecule has 1 saturated heterocycles. The molecule has 0 N–H and O–H groups in total. The van der Waals surface area contributed by atoms with Crippen LogP contribution < -0.4 is 14.4 Å². The summed E-state index contributed by atoms with van der Waals surface area (Å²) >= 11 is 0. The lowest BCUT2D eigenvalue weighted by atomic mass is 10.2. The molecule has 2 heterocycles. The maximum absolute atomic E-state index is 12.6. The van der Waals surface area contributed by atoms with Crippen molar-refractivity contribution in [1.29, 1.82) is 0 Å². The Hall–Kier alpha value is -2.28. The molecule has 7 heteroatoms. The molecule has 0 saturated carbocycles. The van der Waals surface area contributed by atoms with Gasteiger partial charge in [0, 0.05) is 44.9 Å². The normalized spacial score (nSPS) is 17.3. The minimum absolute atomic E-state index is 0.0270. The van der Waals surface area contributed by atoms with E-state index in [1.165, 1.54) is 11.8 Å². The number of carbonyl (C=O) groups excluding carboxylic acids is 2. The fourth-order valence-electron chi connectivity index (χ4n) is 3.13. The highest BCUT2D eigenvalue weighted by atomic mass is 16.6. The molecular weight excluding hydrogens is 322 g/mol. The van der Waals surface area contributed by atoms with E-state index in [1.807, 2.05) is 4.90 Å². The second-order valence-corrected chi connectivity index (χ2v) is 6.25. The Labute approximate surface area is 148 Å². The highest BCUT2D eigenvalue weighted by Gasteiger charge is 2.24. The van der Waals surface area contributed by atoms with E-state index in [2.05, 4.69) is 11.8 Å². The summed E-state index contributed by atoms with van der Waals surface area (Å²) in [5, 5.41) is 0. The average molecular weight is 347 g/mol. The van der Waals surface area contributed by atoms with Crippen LogP contribution >= 0.6 is 0 Å². The quantitative estimate of drug-likeness (QED) is 0.812. The number of amides is 2. The Morgan fingerprint density at radius 1 is 1.08 bits per heavy atom. The third kappa shape index (κ3) is 4.04. The molecular formula is C18H25N3O4. The molecule has 7 nitrogen and oxygen atoms in total. The number of ether oxygens (including phenoxy) is 2. The van der Waals surface area contributed by atoms with Crippen molar-refractivity contribution in [3.05, 3.63) is 18.2 Å². The number of hydrogen-bond acceptors (Lipinski definition) is 5. The van der Waals surface area contributed by atoms with Crippen LogP contribution in [0.4, 0.5) is 5.69 Å². The van der Waals surface area contributed by atoms with Crippen molar-refractivity contribution in [2.45, 2.75) is 13.8 Å². The van der Waals surface area contributed by atoms with Gasteiger partial charge in [0.15, 0.2) is 11.5 Å². The lowest BCUT2D eigenvalue weighted by Gasteiger charge is -2.35. The monoisotopic (exact) mass is 347 g/mol. The van der Waals surface area contributed by atoms with Gasteiger partial charge in [-0.25, -0.2) is 0 Å². The summed E-state index contributed by atoms with van der Waals surface area (Å²) in [4.78, 5) is 30.4. The molecule has 2 aliphatic rings. The van der Waals surface area contributed by atoms with Gasteiger partial charge in [0.2, 0.25) is 11.8 Å². The first-order valence-electron chi connectivity index (χ1n) is 8.76. The van der Waals surface area contributed by atoms with Crippen molar-refractivity contribution in [1.82, 2.24) is 9.80 Å². The highest BCUT2D eigenvalue weighted by molar-refractivity contribution is 5.97. The number of likely N-dealkylation sites (N-methyl/N-ethyl adjacent to an activating group) is 1. The smallest absolute Gasteiger partial charge is 0.242 e. The molecule has 0 aromatic heterocycles. The molecule has 3 rings (SSSR count). The van der Waals surface area contributed by atoms with Crippen LogP contribution in [0.5, 0.6) is 11.5 Å². The lowest BCUT2D eigenvalue weighted by molar-refractivity contribution is -0.132. The molecule has 1 aromatic rings. The summed E-state index contributed by atoms with van der Waals surface area (Å²) < 4.78 is 11.1. The van der Waals surface area contributed by atoms with Crippen LogP contribution in [0, 0.1) is 0 Å². The van der Waals surface area contributed by atoms with Crippen molar-refractivity contribution in [3.8, 4) is 11.5 Å². The number of carbonyl (C=O) groups is 2. The van der Waals surface area contributed by atoms with Crippen molar-refractivity contribution in [3.63, 3.8) is 0 Å². The Kier molecular flexibility index (Phi) is 5.43.